The van der Waals surface area contributed by atoms with Crippen LogP contribution in [0.1, 0.15) is 40.0 Å². The lowest BCUT2D eigenvalue weighted by Crippen LogP contribution is -2.33. The number of aliphatic hydroxyl groups is 1. The summed E-state index contributed by atoms with van der Waals surface area (Å²) in [5.74, 6) is 0.449. The number of nitrogens with one attached hydrogen (secondary N) is 2. The summed E-state index contributed by atoms with van der Waals surface area (Å²) in [7, 11) is 0. The number of nitro groups is 1. The zero-order chi connectivity index (χ0) is 15.9. The maximum absolute atomic E-state index is 11.0. The number of hydrogen-bond acceptors (Lipinski definition) is 7. The van der Waals surface area contributed by atoms with Crippen molar-refractivity contribution in [1.29, 1.82) is 0 Å². The molecular formula is C13H23N5O3. The fourth-order valence-electron chi connectivity index (χ4n) is 1.86. The molecule has 8 nitrogen and oxygen atoms in total. The summed E-state index contributed by atoms with van der Waals surface area (Å²) in [6, 6.07) is 0. The van der Waals surface area contributed by atoms with Crippen molar-refractivity contribution in [2.45, 2.75) is 45.6 Å². The van der Waals surface area contributed by atoms with Crippen molar-refractivity contribution >= 4 is 17.5 Å². The second kappa shape index (κ2) is 7.72. The van der Waals surface area contributed by atoms with Crippen molar-refractivity contribution in [3.63, 3.8) is 0 Å². The van der Waals surface area contributed by atoms with Crippen LogP contribution in [0.25, 0.3) is 0 Å². The van der Waals surface area contributed by atoms with Crippen molar-refractivity contribution in [3.05, 3.63) is 16.3 Å². The fourth-order valence-corrected chi connectivity index (χ4v) is 1.86. The molecule has 0 radical (unpaired) electrons. The highest BCUT2D eigenvalue weighted by Gasteiger charge is 2.23. The maximum atomic E-state index is 11.0. The molecule has 118 valence electrons. The highest BCUT2D eigenvalue weighted by molar-refractivity contribution is 5.57. The molecule has 1 aromatic heterocycles. The Bertz CT molecular complexity index is 479. The van der Waals surface area contributed by atoms with Gasteiger partial charge in [-0.25, -0.2) is 4.98 Å². The van der Waals surface area contributed by atoms with Crippen LogP contribution in [-0.4, -0.2) is 38.7 Å². The summed E-state index contributed by atoms with van der Waals surface area (Å²) < 4.78 is 0. The molecule has 0 saturated heterocycles. The van der Waals surface area contributed by atoms with Crippen molar-refractivity contribution in [2.24, 2.45) is 0 Å². The van der Waals surface area contributed by atoms with E-state index in [0.29, 0.717) is 18.9 Å². The van der Waals surface area contributed by atoms with Crippen LogP contribution in [0.2, 0.25) is 0 Å². The molecule has 1 atom stereocenters. The zero-order valence-electron chi connectivity index (χ0n) is 12.7. The van der Waals surface area contributed by atoms with Gasteiger partial charge in [0, 0.05) is 13.1 Å². The third-order valence-corrected chi connectivity index (χ3v) is 2.92. The van der Waals surface area contributed by atoms with Gasteiger partial charge in [-0.2, -0.15) is 4.98 Å². The molecule has 0 saturated carbocycles. The Kier molecular flexibility index (Phi) is 6.29. The van der Waals surface area contributed by atoms with E-state index in [-0.39, 0.29) is 18.1 Å². The SMILES string of the molecule is CCCNc1ncc([N+](=O)[O-])c(NCC(C)(O)CCC)n1. The van der Waals surface area contributed by atoms with Crippen LogP contribution in [0.15, 0.2) is 6.20 Å². The summed E-state index contributed by atoms with van der Waals surface area (Å²) >= 11 is 0. The van der Waals surface area contributed by atoms with Gasteiger partial charge in [0.2, 0.25) is 11.8 Å². The van der Waals surface area contributed by atoms with Gasteiger partial charge in [-0.1, -0.05) is 20.3 Å². The van der Waals surface area contributed by atoms with E-state index in [9.17, 15) is 15.2 Å². The first-order valence-corrected chi connectivity index (χ1v) is 7.11. The van der Waals surface area contributed by atoms with Crippen molar-refractivity contribution < 1.29 is 10.0 Å². The molecule has 1 heterocycles. The molecule has 0 aliphatic rings. The molecule has 0 amide bonds. The lowest BCUT2D eigenvalue weighted by Gasteiger charge is -2.23. The van der Waals surface area contributed by atoms with E-state index in [2.05, 4.69) is 20.6 Å². The second-order valence-corrected chi connectivity index (χ2v) is 5.21. The van der Waals surface area contributed by atoms with Gasteiger partial charge in [0.25, 0.3) is 0 Å². The third-order valence-electron chi connectivity index (χ3n) is 2.92. The van der Waals surface area contributed by atoms with Gasteiger partial charge in [-0.15, -0.1) is 0 Å². The third kappa shape index (κ3) is 5.50. The first-order chi connectivity index (χ1) is 9.89. The molecule has 0 aliphatic heterocycles. The van der Waals surface area contributed by atoms with Crippen LogP contribution in [0, 0.1) is 10.1 Å². The van der Waals surface area contributed by atoms with Crippen molar-refractivity contribution in [1.82, 2.24) is 9.97 Å². The molecule has 1 rings (SSSR count). The molecule has 21 heavy (non-hydrogen) atoms. The van der Waals surface area contributed by atoms with E-state index in [1.165, 1.54) is 6.20 Å². The highest BCUT2D eigenvalue weighted by Crippen LogP contribution is 2.23. The van der Waals surface area contributed by atoms with Crippen molar-refractivity contribution in [2.75, 3.05) is 23.7 Å². The average Bonchev–Trinajstić information content (AvgIpc) is 2.42. The smallest absolute Gasteiger partial charge is 0.329 e. The Morgan fingerprint density at radius 2 is 2.10 bits per heavy atom. The predicted molar refractivity (Wildman–Crippen MR) is 81.5 cm³/mol. The Balaban J connectivity index is 2.88. The van der Waals surface area contributed by atoms with E-state index >= 15 is 0 Å². The molecule has 1 unspecified atom stereocenters. The van der Waals surface area contributed by atoms with E-state index in [1.54, 1.807) is 6.92 Å². The second-order valence-electron chi connectivity index (χ2n) is 5.21. The molecule has 1 aromatic rings. The van der Waals surface area contributed by atoms with Gasteiger partial charge < -0.3 is 15.7 Å². The van der Waals surface area contributed by atoms with Gasteiger partial charge in [-0.3, -0.25) is 10.1 Å². The zero-order valence-corrected chi connectivity index (χ0v) is 12.7. The standard InChI is InChI=1S/C13H23N5O3/c1-4-6-13(3,19)9-16-11-10(18(20)21)8-15-12(17-11)14-7-5-2/h8,19H,4-7,9H2,1-3H3,(H2,14,15,16,17). The minimum Gasteiger partial charge on any atom is -0.388 e. The number of nitrogens with zero attached hydrogens (tertiary/aromatic N) is 3. The molecule has 3 N–H and O–H groups in total. The molecule has 0 bridgehead atoms. The van der Waals surface area contributed by atoms with Crippen LogP contribution in [0.4, 0.5) is 17.5 Å². The minimum atomic E-state index is -0.940. The number of anilines is 2. The lowest BCUT2D eigenvalue weighted by atomic mass is 10.0. The topological polar surface area (TPSA) is 113 Å². The number of hydrogen-bond donors (Lipinski definition) is 3. The van der Waals surface area contributed by atoms with E-state index < -0.39 is 10.5 Å². The average molecular weight is 297 g/mol. The Morgan fingerprint density at radius 1 is 1.38 bits per heavy atom. The first-order valence-electron chi connectivity index (χ1n) is 7.11. The summed E-state index contributed by atoms with van der Waals surface area (Å²) in [6.45, 7) is 6.53. The Labute approximate surface area is 124 Å². The fraction of sp³-hybridized carbons (Fsp3) is 0.692. The first kappa shape index (κ1) is 17.1. The van der Waals surface area contributed by atoms with Gasteiger partial charge in [-0.05, 0) is 19.8 Å². The van der Waals surface area contributed by atoms with Crippen LogP contribution in [0.5, 0.6) is 0 Å². The van der Waals surface area contributed by atoms with E-state index in [0.717, 1.165) is 12.8 Å². The Hall–Kier alpha value is -1.96. The van der Waals surface area contributed by atoms with Crippen LogP contribution >= 0.6 is 0 Å². The van der Waals surface area contributed by atoms with E-state index in [1.807, 2.05) is 13.8 Å². The van der Waals surface area contributed by atoms with Crippen LogP contribution in [0.3, 0.4) is 0 Å². The van der Waals surface area contributed by atoms with Crippen molar-refractivity contribution in [3.8, 4) is 0 Å². The Morgan fingerprint density at radius 3 is 2.67 bits per heavy atom. The number of aromatic nitrogens is 2. The van der Waals surface area contributed by atoms with Gasteiger partial charge in [0.1, 0.15) is 6.20 Å². The molecular weight excluding hydrogens is 274 g/mol. The highest BCUT2D eigenvalue weighted by atomic mass is 16.6. The van der Waals surface area contributed by atoms with Crippen LogP contribution < -0.4 is 10.6 Å². The maximum Gasteiger partial charge on any atom is 0.329 e. The predicted octanol–water partition coefficient (Wildman–Crippen LogP) is 2.17. The molecule has 0 spiro atoms. The quantitative estimate of drug-likeness (QED) is 0.473. The summed E-state index contributed by atoms with van der Waals surface area (Å²) in [5.41, 5.74) is -1.14. The summed E-state index contributed by atoms with van der Waals surface area (Å²) in [4.78, 5) is 18.5. The van der Waals surface area contributed by atoms with Crippen LogP contribution in [-0.2, 0) is 0 Å². The normalized spacial score (nSPS) is 13.5. The van der Waals surface area contributed by atoms with Gasteiger partial charge in [0.15, 0.2) is 0 Å². The molecule has 0 aromatic carbocycles. The largest absolute Gasteiger partial charge is 0.388 e. The molecule has 0 aliphatic carbocycles. The monoisotopic (exact) mass is 297 g/mol. The van der Waals surface area contributed by atoms with Gasteiger partial charge >= 0.3 is 5.69 Å². The number of rotatable bonds is 9. The van der Waals surface area contributed by atoms with E-state index in [4.69, 9.17) is 0 Å². The minimum absolute atomic E-state index is 0.116. The summed E-state index contributed by atoms with van der Waals surface area (Å²) in [5, 5.41) is 27.0. The molecule has 0 fully saturated rings. The summed E-state index contributed by atoms with van der Waals surface area (Å²) in [6.07, 6.45) is 3.49. The lowest BCUT2D eigenvalue weighted by molar-refractivity contribution is -0.384. The van der Waals surface area contributed by atoms with Gasteiger partial charge in [0.05, 0.1) is 10.5 Å². The molecule has 8 heteroatoms.